The zero-order valence-corrected chi connectivity index (χ0v) is 16.2. The normalized spacial score (nSPS) is 10.4. The molecular formula is C22H21NO4S. The molecule has 0 radical (unpaired) electrons. The van der Waals surface area contributed by atoms with Crippen molar-refractivity contribution in [3.63, 3.8) is 0 Å². The molecule has 3 rings (SSSR count). The zero-order chi connectivity index (χ0) is 19.8. The Bertz CT molecular complexity index is 951. The highest BCUT2D eigenvalue weighted by Gasteiger charge is 2.12. The van der Waals surface area contributed by atoms with Crippen molar-refractivity contribution in [3.8, 4) is 22.1 Å². The molecule has 0 aliphatic carbocycles. The minimum absolute atomic E-state index is 0.0858. The van der Waals surface area contributed by atoms with Crippen molar-refractivity contribution in [2.45, 2.75) is 12.8 Å². The van der Waals surface area contributed by atoms with Gasteiger partial charge in [-0.2, -0.15) is 0 Å². The van der Waals surface area contributed by atoms with Gasteiger partial charge >= 0.3 is 5.97 Å². The van der Waals surface area contributed by atoms with Crippen molar-refractivity contribution in [1.82, 2.24) is 4.98 Å². The van der Waals surface area contributed by atoms with E-state index < -0.39 is 5.97 Å². The van der Waals surface area contributed by atoms with Crippen LogP contribution in [-0.4, -0.2) is 29.3 Å². The third-order valence-corrected chi connectivity index (χ3v) is 4.86. The van der Waals surface area contributed by atoms with Crippen LogP contribution in [0.15, 0.2) is 66.6 Å². The summed E-state index contributed by atoms with van der Waals surface area (Å²) in [5.74, 6) is 0.634. The number of allylic oxidation sites excluding steroid dienone is 1. The molecule has 0 saturated heterocycles. The third-order valence-electron chi connectivity index (χ3n) is 3.94. The maximum absolute atomic E-state index is 10.9. The number of aliphatic carboxylic acids is 1. The van der Waals surface area contributed by atoms with E-state index in [1.54, 1.807) is 5.38 Å². The quantitative estimate of drug-likeness (QED) is 0.401. The average molecular weight is 395 g/mol. The molecule has 3 aromatic rings. The lowest BCUT2D eigenvalue weighted by Gasteiger charge is -2.12. The molecule has 0 aliphatic rings. The summed E-state index contributed by atoms with van der Waals surface area (Å²) in [7, 11) is 0. The maximum atomic E-state index is 10.9. The monoisotopic (exact) mass is 395 g/mol. The molecule has 0 atom stereocenters. The number of aromatic nitrogens is 1. The topological polar surface area (TPSA) is 68.7 Å². The summed E-state index contributed by atoms with van der Waals surface area (Å²) >= 11 is 1.41. The highest BCUT2D eigenvalue weighted by molar-refractivity contribution is 7.13. The molecule has 0 fully saturated rings. The van der Waals surface area contributed by atoms with Gasteiger partial charge in [0.1, 0.15) is 29.7 Å². The van der Waals surface area contributed by atoms with Gasteiger partial charge in [0.25, 0.3) is 0 Å². The largest absolute Gasteiger partial charge is 0.490 e. The van der Waals surface area contributed by atoms with Crippen LogP contribution in [-0.2, 0) is 17.6 Å². The summed E-state index contributed by atoms with van der Waals surface area (Å²) in [6.07, 6.45) is 2.52. The first-order valence-electron chi connectivity index (χ1n) is 8.87. The van der Waals surface area contributed by atoms with Crippen molar-refractivity contribution in [2.24, 2.45) is 0 Å². The van der Waals surface area contributed by atoms with E-state index >= 15 is 0 Å². The fraction of sp³-hybridized carbons (Fsp3) is 0.182. The van der Waals surface area contributed by atoms with Gasteiger partial charge in [-0.3, -0.25) is 4.79 Å². The van der Waals surface area contributed by atoms with E-state index in [1.807, 2.05) is 54.6 Å². The Labute approximate surface area is 167 Å². The van der Waals surface area contributed by atoms with Crippen LogP contribution in [0.1, 0.15) is 11.3 Å². The smallest absolute Gasteiger partial charge is 0.309 e. The van der Waals surface area contributed by atoms with E-state index in [0.717, 1.165) is 28.3 Å². The first-order valence-corrected chi connectivity index (χ1v) is 9.75. The molecule has 6 heteroatoms. The number of hydrogen-bond donors (Lipinski definition) is 1. The summed E-state index contributed by atoms with van der Waals surface area (Å²) in [4.78, 5) is 15.3. The van der Waals surface area contributed by atoms with Crippen LogP contribution in [0.3, 0.4) is 0 Å². The highest BCUT2D eigenvalue weighted by Crippen LogP contribution is 2.32. The van der Waals surface area contributed by atoms with Crippen molar-refractivity contribution >= 4 is 17.3 Å². The number of carboxylic acids is 1. The Morgan fingerprint density at radius 3 is 2.50 bits per heavy atom. The molecule has 1 aromatic heterocycles. The van der Waals surface area contributed by atoms with Gasteiger partial charge in [0.15, 0.2) is 0 Å². The molecule has 0 saturated carbocycles. The third kappa shape index (κ3) is 5.20. The molecule has 1 heterocycles. The summed E-state index contributed by atoms with van der Waals surface area (Å²) in [5, 5.41) is 11.4. The number of nitrogens with zero attached hydrogens (tertiary/aromatic N) is 1. The average Bonchev–Trinajstić information content (AvgIpc) is 3.14. The van der Waals surface area contributed by atoms with Crippen LogP contribution in [0, 0.1) is 0 Å². The van der Waals surface area contributed by atoms with E-state index in [2.05, 4.69) is 11.6 Å². The second kappa shape index (κ2) is 9.71. The first kappa shape index (κ1) is 19.6. The van der Waals surface area contributed by atoms with Crippen molar-refractivity contribution in [3.05, 3.63) is 77.8 Å². The summed E-state index contributed by atoms with van der Waals surface area (Å²) in [5.41, 5.74) is 2.48. The second-order valence-electron chi connectivity index (χ2n) is 6.01. The molecule has 28 heavy (non-hydrogen) atoms. The molecule has 1 N–H and O–H groups in total. The Morgan fingerprint density at radius 2 is 1.75 bits per heavy atom. The predicted octanol–water partition coefficient (Wildman–Crippen LogP) is 4.62. The number of para-hydroxylation sites is 2. The Kier molecular flexibility index (Phi) is 6.81. The lowest BCUT2D eigenvalue weighted by Crippen LogP contribution is -2.10. The van der Waals surface area contributed by atoms with Crippen LogP contribution >= 0.6 is 11.3 Å². The summed E-state index contributed by atoms with van der Waals surface area (Å²) < 4.78 is 11.8. The maximum Gasteiger partial charge on any atom is 0.309 e. The molecule has 0 amide bonds. The van der Waals surface area contributed by atoms with E-state index in [9.17, 15) is 4.79 Å². The highest BCUT2D eigenvalue weighted by atomic mass is 32.1. The van der Waals surface area contributed by atoms with Crippen LogP contribution in [0.2, 0.25) is 0 Å². The van der Waals surface area contributed by atoms with Crippen LogP contribution in [0.4, 0.5) is 0 Å². The van der Waals surface area contributed by atoms with E-state index in [4.69, 9.17) is 14.6 Å². The van der Waals surface area contributed by atoms with Gasteiger partial charge in [0, 0.05) is 5.38 Å². The predicted molar refractivity (Wildman–Crippen MR) is 110 cm³/mol. The lowest BCUT2D eigenvalue weighted by molar-refractivity contribution is -0.136. The number of rotatable bonds is 10. The number of hydrogen-bond acceptors (Lipinski definition) is 5. The molecule has 5 nitrogen and oxygen atoms in total. The van der Waals surface area contributed by atoms with Crippen molar-refractivity contribution < 1.29 is 19.4 Å². The molecule has 144 valence electrons. The van der Waals surface area contributed by atoms with Crippen molar-refractivity contribution in [1.29, 1.82) is 0 Å². The Balaban J connectivity index is 1.62. The van der Waals surface area contributed by atoms with Crippen LogP contribution in [0.25, 0.3) is 10.6 Å². The number of ether oxygens (including phenoxy) is 2. The van der Waals surface area contributed by atoms with Gasteiger partial charge in [0.05, 0.1) is 17.7 Å². The molecule has 0 spiro atoms. The van der Waals surface area contributed by atoms with Gasteiger partial charge in [0.2, 0.25) is 0 Å². The SMILES string of the molecule is C=CCc1ccccc1OCCOc1ccccc1-c1nc(CC(=O)O)cs1. The van der Waals surface area contributed by atoms with E-state index in [0.29, 0.717) is 24.7 Å². The van der Waals surface area contributed by atoms with Gasteiger partial charge in [-0.25, -0.2) is 4.98 Å². The van der Waals surface area contributed by atoms with Gasteiger partial charge in [-0.15, -0.1) is 17.9 Å². The van der Waals surface area contributed by atoms with E-state index in [1.165, 1.54) is 11.3 Å². The van der Waals surface area contributed by atoms with Gasteiger partial charge in [-0.1, -0.05) is 36.4 Å². The lowest BCUT2D eigenvalue weighted by atomic mass is 10.1. The first-order chi connectivity index (χ1) is 13.7. The molecule has 2 aromatic carbocycles. The Morgan fingerprint density at radius 1 is 1.07 bits per heavy atom. The number of carbonyl (C=O) groups is 1. The number of benzene rings is 2. The summed E-state index contributed by atoms with van der Waals surface area (Å²) in [6.45, 7) is 4.56. The molecule has 0 unspecified atom stereocenters. The minimum Gasteiger partial charge on any atom is -0.490 e. The fourth-order valence-corrected chi connectivity index (χ4v) is 3.56. The van der Waals surface area contributed by atoms with E-state index in [-0.39, 0.29) is 6.42 Å². The molecular weight excluding hydrogens is 374 g/mol. The zero-order valence-electron chi connectivity index (χ0n) is 15.3. The molecule has 0 aliphatic heterocycles. The standard InChI is InChI=1S/C22H21NO4S/c1-2-7-16-8-3-5-10-19(16)26-12-13-27-20-11-6-4-9-18(20)22-23-17(15-28-22)14-21(24)25/h2-6,8-11,15H,1,7,12-14H2,(H,24,25). The van der Waals surface area contributed by atoms with Gasteiger partial charge in [-0.05, 0) is 30.2 Å². The van der Waals surface area contributed by atoms with Crippen LogP contribution < -0.4 is 9.47 Å². The second-order valence-corrected chi connectivity index (χ2v) is 6.87. The molecule has 0 bridgehead atoms. The number of carboxylic acid groups (broad SMARTS) is 1. The van der Waals surface area contributed by atoms with Crippen LogP contribution in [0.5, 0.6) is 11.5 Å². The number of thiazole rings is 1. The summed E-state index contributed by atoms with van der Waals surface area (Å²) in [6, 6.07) is 15.5. The van der Waals surface area contributed by atoms with Crippen molar-refractivity contribution in [2.75, 3.05) is 13.2 Å². The minimum atomic E-state index is -0.893. The van der Waals surface area contributed by atoms with Gasteiger partial charge < -0.3 is 14.6 Å². The fourth-order valence-electron chi connectivity index (χ4n) is 2.71. The Hall–Kier alpha value is -3.12.